The molecule has 1 saturated heterocycles. The van der Waals surface area contributed by atoms with Gasteiger partial charge in [-0.1, -0.05) is 29.8 Å². The fraction of sp³-hybridized carbons (Fsp3) is 0.286. The first kappa shape index (κ1) is 19.2. The summed E-state index contributed by atoms with van der Waals surface area (Å²) in [5, 5.41) is 3.96. The van der Waals surface area contributed by atoms with E-state index in [1.165, 1.54) is 23.4 Å². The lowest BCUT2D eigenvalue weighted by Gasteiger charge is -2.20. The number of anilines is 1. The van der Waals surface area contributed by atoms with Crippen LogP contribution in [0.3, 0.4) is 0 Å². The number of nitrogens with one attached hydrogen (secondary N) is 1. The zero-order chi connectivity index (χ0) is 20.6. The van der Waals surface area contributed by atoms with E-state index in [1.807, 2.05) is 25.1 Å². The molecule has 2 heterocycles. The summed E-state index contributed by atoms with van der Waals surface area (Å²) in [6, 6.07) is 10.6. The number of hydrogen-bond donors (Lipinski definition) is 1. The summed E-state index contributed by atoms with van der Waals surface area (Å²) in [5.74, 6) is 0.316. The Morgan fingerprint density at radius 1 is 1.17 bits per heavy atom. The molecule has 1 aromatic heterocycles. The standard InChI is InChI=1S/C21H19F3N4O/c1-13-6-7-17-15(10-13)19(26-12-25-17)27-18-8-9-28(20(18)29)11-14-4-2-3-5-16(14)21(22,23)24/h2-7,10,12,18H,8-9,11H2,1H3,(H,25,26,27). The van der Waals surface area contributed by atoms with Crippen LogP contribution in [0.2, 0.25) is 0 Å². The molecule has 1 atom stereocenters. The molecule has 29 heavy (non-hydrogen) atoms. The Morgan fingerprint density at radius 3 is 2.76 bits per heavy atom. The normalized spacial score (nSPS) is 17.2. The van der Waals surface area contributed by atoms with Crippen LogP contribution in [0.15, 0.2) is 48.8 Å². The third-order valence-corrected chi connectivity index (χ3v) is 5.08. The first-order valence-corrected chi connectivity index (χ1v) is 9.25. The van der Waals surface area contributed by atoms with E-state index in [-0.39, 0.29) is 18.0 Å². The van der Waals surface area contributed by atoms with Gasteiger partial charge in [-0.05, 0) is 37.1 Å². The van der Waals surface area contributed by atoms with Gasteiger partial charge in [0, 0.05) is 18.5 Å². The van der Waals surface area contributed by atoms with Gasteiger partial charge in [-0.2, -0.15) is 13.2 Å². The van der Waals surface area contributed by atoms with Crippen LogP contribution in [-0.4, -0.2) is 33.4 Å². The highest BCUT2D eigenvalue weighted by atomic mass is 19.4. The molecular weight excluding hydrogens is 381 g/mol. The molecule has 8 heteroatoms. The fourth-order valence-corrected chi connectivity index (χ4v) is 3.62. The highest BCUT2D eigenvalue weighted by molar-refractivity contribution is 5.93. The number of carbonyl (C=O) groups is 1. The van der Waals surface area contributed by atoms with E-state index in [0.29, 0.717) is 18.8 Å². The van der Waals surface area contributed by atoms with Gasteiger partial charge in [0.2, 0.25) is 5.91 Å². The van der Waals surface area contributed by atoms with Gasteiger partial charge in [-0.3, -0.25) is 4.79 Å². The second-order valence-electron chi connectivity index (χ2n) is 7.14. The molecule has 0 aliphatic carbocycles. The summed E-state index contributed by atoms with van der Waals surface area (Å²) in [4.78, 5) is 22.8. The molecule has 5 nitrogen and oxygen atoms in total. The maximum absolute atomic E-state index is 13.2. The maximum Gasteiger partial charge on any atom is 0.416 e. The quantitative estimate of drug-likeness (QED) is 0.714. The van der Waals surface area contributed by atoms with Crippen molar-refractivity contribution in [2.75, 3.05) is 11.9 Å². The summed E-state index contributed by atoms with van der Waals surface area (Å²) < 4.78 is 39.7. The topological polar surface area (TPSA) is 58.1 Å². The number of benzene rings is 2. The average molecular weight is 400 g/mol. The van der Waals surface area contributed by atoms with Gasteiger partial charge in [-0.15, -0.1) is 0 Å². The Bertz CT molecular complexity index is 1070. The van der Waals surface area contributed by atoms with Gasteiger partial charge in [0.05, 0.1) is 11.1 Å². The largest absolute Gasteiger partial charge is 0.416 e. The predicted octanol–water partition coefficient (Wildman–Crippen LogP) is 4.17. The van der Waals surface area contributed by atoms with Crippen LogP contribution >= 0.6 is 0 Å². The number of rotatable bonds is 4. The lowest BCUT2D eigenvalue weighted by atomic mass is 10.1. The molecule has 1 aliphatic heterocycles. The van der Waals surface area contributed by atoms with Crippen LogP contribution in [0.25, 0.3) is 10.9 Å². The molecule has 3 aromatic rings. The molecule has 1 fully saturated rings. The molecule has 0 saturated carbocycles. The van der Waals surface area contributed by atoms with Crippen LogP contribution < -0.4 is 5.32 Å². The smallest absolute Gasteiger partial charge is 0.358 e. The lowest BCUT2D eigenvalue weighted by molar-refractivity contribution is -0.139. The number of alkyl halides is 3. The Labute approximate surface area is 165 Å². The van der Waals surface area contributed by atoms with Crippen molar-refractivity contribution in [3.63, 3.8) is 0 Å². The molecule has 150 valence electrons. The molecule has 1 N–H and O–H groups in total. The minimum Gasteiger partial charge on any atom is -0.358 e. The minimum absolute atomic E-state index is 0.0731. The monoisotopic (exact) mass is 400 g/mol. The van der Waals surface area contributed by atoms with E-state index >= 15 is 0 Å². The van der Waals surface area contributed by atoms with Crippen molar-refractivity contribution in [2.24, 2.45) is 0 Å². The fourth-order valence-electron chi connectivity index (χ4n) is 3.62. The highest BCUT2D eigenvalue weighted by Gasteiger charge is 2.36. The summed E-state index contributed by atoms with van der Waals surface area (Å²) in [7, 11) is 0. The summed E-state index contributed by atoms with van der Waals surface area (Å²) in [6.45, 7) is 2.26. The lowest BCUT2D eigenvalue weighted by Crippen LogP contribution is -2.33. The van der Waals surface area contributed by atoms with Crippen LogP contribution in [0.1, 0.15) is 23.1 Å². The van der Waals surface area contributed by atoms with Crippen LogP contribution in [0, 0.1) is 6.92 Å². The van der Waals surface area contributed by atoms with E-state index < -0.39 is 17.8 Å². The predicted molar refractivity (Wildman–Crippen MR) is 103 cm³/mol. The molecule has 0 radical (unpaired) electrons. The number of amides is 1. The molecule has 1 aliphatic rings. The average Bonchev–Trinajstić information content (AvgIpc) is 3.01. The van der Waals surface area contributed by atoms with Crippen LogP contribution in [0.4, 0.5) is 19.0 Å². The van der Waals surface area contributed by atoms with Gasteiger partial charge in [-0.25, -0.2) is 9.97 Å². The summed E-state index contributed by atoms with van der Waals surface area (Å²) >= 11 is 0. The number of aryl methyl sites for hydroxylation is 1. The Hall–Kier alpha value is -3.16. The molecule has 2 aromatic carbocycles. The number of hydrogen-bond acceptors (Lipinski definition) is 4. The van der Waals surface area contributed by atoms with Gasteiger partial charge in [0.25, 0.3) is 0 Å². The zero-order valence-corrected chi connectivity index (χ0v) is 15.7. The SMILES string of the molecule is Cc1ccc2ncnc(NC3CCN(Cc4ccccc4C(F)(F)F)C3=O)c2c1. The third kappa shape index (κ3) is 3.87. The number of nitrogens with zero attached hydrogens (tertiary/aromatic N) is 3. The Balaban J connectivity index is 1.53. The summed E-state index contributed by atoms with van der Waals surface area (Å²) in [5.41, 5.74) is 1.19. The van der Waals surface area contributed by atoms with E-state index in [0.717, 1.165) is 22.5 Å². The van der Waals surface area contributed by atoms with E-state index in [1.54, 1.807) is 6.07 Å². The first-order chi connectivity index (χ1) is 13.8. The van der Waals surface area contributed by atoms with Crippen molar-refractivity contribution in [1.82, 2.24) is 14.9 Å². The van der Waals surface area contributed by atoms with Crippen molar-refractivity contribution in [1.29, 1.82) is 0 Å². The second kappa shape index (κ2) is 7.35. The van der Waals surface area contributed by atoms with Crippen molar-refractivity contribution in [2.45, 2.75) is 32.1 Å². The number of halogens is 3. The highest BCUT2D eigenvalue weighted by Crippen LogP contribution is 2.33. The van der Waals surface area contributed by atoms with Crippen molar-refractivity contribution >= 4 is 22.6 Å². The van der Waals surface area contributed by atoms with E-state index in [9.17, 15) is 18.0 Å². The first-order valence-electron chi connectivity index (χ1n) is 9.25. The molecule has 0 spiro atoms. The Kier molecular flexibility index (Phi) is 4.86. The van der Waals surface area contributed by atoms with E-state index in [2.05, 4.69) is 15.3 Å². The minimum atomic E-state index is -4.45. The van der Waals surface area contributed by atoms with Crippen molar-refractivity contribution < 1.29 is 18.0 Å². The van der Waals surface area contributed by atoms with Gasteiger partial charge in [0.15, 0.2) is 0 Å². The molecule has 1 unspecified atom stereocenters. The molecule has 1 amide bonds. The van der Waals surface area contributed by atoms with Gasteiger partial charge in [0.1, 0.15) is 18.2 Å². The Morgan fingerprint density at radius 2 is 1.97 bits per heavy atom. The van der Waals surface area contributed by atoms with Crippen LogP contribution in [-0.2, 0) is 17.5 Å². The molecule has 0 bridgehead atoms. The molecular formula is C21H19F3N4O. The number of carbonyl (C=O) groups excluding carboxylic acids is 1. The van der Waals surface area contributed by atoms with Crippen molar-refractivity contribution in [3.05, 3.63) is 65.5 Å². The summed E-state index contributed by atoms with van der Waals surface area (Å²) in [6.07, 6.45) is -2.53. The van der Waals surface area contributed by atoms with Gasteiger partial charge >= 0.3 is 6.18 Å². The number of likely N-dealkylation sites (tertiary alicyclic amines) is 1. The third-order valence-electron chi connectivity index (χ3n) is 5.08. The second-order valence-corrected chi connectivity index (χ2v) is 7.14. The number of aromatic nitrogens is 2. The van der Waals surface area contributed by atoms with Crippen LogP contribution in [0.5, 0.6) is 0 Å². The zero-order valence-electron chi connectivity index (χ0n) is 15.7. The molecule has 4 rings (SSSR count). The van der Waals surface area contributed by atoms with Crippen molar-refractivity contribution in [3.8, 4) is 0 Å². The maximum atomic E-state index is 13.2. The number of fused-ring (bicyclic) bond motifs is 1. The van der Waals surface area contributed by atoms with E-state index in [4.69, 9.17) is 0 Å². The van der Waals surface area contributed by atoms with Gasteiger partial charge < -0.3 is 10.2 Å².